The van der Waals surface area contributed by atoms with Crippen LogP contribution in [-0.2, 0) is 21.4 Å². The molecule has 1 saturated heterocycles. The van der Waals surface area contributed by atoms with Crippen molar-refractivity contribution in [2.24, 2.45) is 0 Å². The first-order valence-electron chi connectivity index (χ1n) is 9.65. The Morgan fingerprint density at radius 2 is 1.90 bits per heavy atom. The Kier molecular flexibility index (Phi) is 6.77. The molecule has 0 spiro atoms. The second kappa shape index (κ2) is 9.13. The van der Waals surface area contributed by atoms with E-state index < -0.39 is 28.1 Å². The van der Waals surface area contributed by atoms with Crippen molar-refractivity contribution < 1.29 is 28.3 Å². The third kappa shape index (κ3) is 4.81. The molecule has 0 bridgehead atoms. The number of rotatable bonds is 6. The summed E-state index contributed by atoms with van der Waals surface area (Å²) in [5.74, 6) is -0.348. The number of hydroxylamine groups is 1. The van der Waals surface area contributed by atoms with Crippen LogP contribution in [0.5, 0.6) is 5.75 Å². The minimum atomic E-state index is -3.99. The van der Waals surface area contributed by atoms with Gasteiger partial charge < -0.3 is 9.84 Å². The van der Waals surface area contributed by atoms with Crippen molar-refractivity contribution in [2.45, 2.75) is 50.3 Å². The number of aliphatic hydroxyl groups excluding tert-OH is 1. The molecule has 8 nitrogen and oxygen atoms in total. The topological polar surface area (TPSA) is 116 Å². The first-order chi connectivity index (χ1) is 14.2. The van der Waals surface area contributed by atoms with Crippen molar-refractivity contribution in [3.63, 3.8) is 0 Å². The van der Waals surface area contributed by atoms with Crippen molar-refractivity contribution in [2.75, 3.05) is 6.54 Å². The second-order valence-corrected chi connectivity index (χ2v) is 9.37. The number of carbonyl (C=O) groups is 1. The number of aryl methyl sites for hydroxylation is 2. The van der Waals surface area contributed by atoms with E-state index in [1.807, 2.05) is 32.0 Å². The Morgan fingerprint density at radius 1 is 1.20 bits per heavy atom. The maximum absolute atomic E-state index is 13.0. The Labute approximate surface area is 176 Å². The molecule has 2 aromatic carbocycles. The summed E-state index contributed by atoms with van der Waals surface area (Å²) < 4.78 is 32.9. The van der Waals surface area contributed by atoms with Crippen LogP contribution in [0.25, 0.3) is 0 Å². The lowest BCUT2D eigenvalue weighted by atomic mass is 10.0. The zero-order chi connectivity index (χ0) is 21.9. The lowest BCUT2D eigenvalue weighted by molar-refractivity contribution is -0.135. The van der Waals surface area contributed by atoms with E-state index in [1.165, 1.54) is 17.6 Å². The normalized spacial score (nSPS) is 20.0. The van der Waals surface area contributed by atoms with Crippen LogP contribution in [0, 0.1) is 13.8 Å². The molecular formula is C21H26N2O6S. The second-order valence-electron chi connectivity index (χ2n) is 7.48. The predicted molar refractivity (Wildman–Crippen MR) is 110 cm³/mol. The number of ether oxygens (including phenoxy) is 1. The van der Waals surface area contributed by atoms with Gasteiger partial charge in [0.05, 0.1) is 11.0 Å². The Bertz CT molecular complexity index is 1010. The van der Waals surface area contributed by atoms with Crippen LogP contribution >= 0.6 is 0 Å². The van der Waals surface area contributed by atoms with Crippen LogP contribution in [0.2, 0.25) is 0 Å². The minimum absolute atomic E-state index is 0.00807. The highest BCUT2D eigenvalue weighted by Crippen LogP contribution is 2.27. The Morgan fingerprint density at radius 3 is 2.57 bits per heavy atom. The van der Waals surface area contributed by atoms with Gasteiger partial charge >= 0.3 is 0 Å². The third-order valence-electron chi connectivity index (χ3n) is 5.27. The fourth-order valence-corrected chi connectivity index (χ4v) is 5.10. The largest absolute Gasteiger partial charge is 0.489 e. The van der Waals surface area contributed by atoms with E-state index >= 15 is 0 Å². The zero-order valence-electron chi connectivity index (χ0n) is 16.9. The van der Waals surface area contributed by atoms with Crippen LogP contribution in [-0.4, -0.2) is 47.6 Å². The molecule has 2 aromatic rings. The van der Waals surface area contributed by atoms with Crippen molar-refractivity contribution in [3.05, 3.63) is 59.2 Å². The SMILES string of the molecule is Cc1ccc(C)c(COc2ccc(S(=O)(=O)N3CC[C@@H](O)C[C@@H]3C(=O)NO)cc2)c1. The van der Waals surface area contributed by atoms with Gasteiger partial charge in [0.25, 0.3) is 5.91 Å². The number of nitrogens with zero attached hydrogens (tertiary/aromatic N) is 1. The van der Waals surface area contributed by atoms with E-state index in [0.717, 1.165) is 21.0 Å². The highest BCUT2D eigenvalue weighted by Gasteiger charge is 2.40. The van der Waals surface area contributed by atoms with Crippen molar-refractivity contribution in [1.29, 1.82) is 0 Å². The van der Waals surface area contributed by atoms with Gasteiger partial charge in [-0.05, 0) is 62.1 Å². The third-order valence-corrected chi connectivity index (χ3v) is 7.19. The first kappa shape index (κ1) is 22.2. The molecule has 3 rings (SSSR count). The first-order valence-corrected chi connectivity index (χ1v) is 11.1. The Balaban J connectivity index is 1.75. The molecule has 9 heteroatoms. The molecule has 162 valence electrons. The molecule has 3 N–H and O–H groups in total. The average molecular weight is 435 g/mol. The fourth-order valence-electron chi connectivity index (χ4n) is 3.49. The van der Waals surface area contributed by atoms with E-state index in [9.17, 15) is 18.3 Å². The van der Waals surface area contributed by atoms with E-state index in [4.69, 9.17) is 9.94 Å². The maximum Gasteiger partial charge on any atom is 0.261 e. The molecule has 0 aromatic heterocycles. The number of piperidine rings is 1. The van der Waals surface area contributed by atoms with Crippen LogP contribution < -0.4 is 10.2 Å². The number of nitrogens with one attached hydrogen (secondary N) is 1. The quantitative estimate of drug-likeness (QED) is 0.472. The smallest absolute Gasteiger partial charge is 0.261 e. The van der Waals surface area contributed by atoms with Gasteiger partial charge in [-0.2, -0.15) is 4.31 Å². The molecule has 0 unspecified atom stereocenters. The lowest BCUT2D eigenvalue weighted by Gasteiger charge is -2.35. The monoisotopic (exact) mass is 434 g/mol. The van der Waals surface area contributed by atoms with Crippen LogP contribution in [0.3, 0.4) is 0 Å². The van der Waals surface area contributed by atoms with Crippen molar-refractivity contribution in [1.82, 2.24) is 9.79 Å². The van der Waals surface area contributed by atoms with Gasteiger partial charge in [0.1, 0.15) is 18.4 Å². The molecule has 1 aliphatic rings. The summed E-state index contributed by atoms with van der Waals surface area (Å²) in [5, 5.41) is 18.7. The molecule has 1 heterocycles. The molecule has 0 aliphatic carbocycles. The molecule has 30 heavy (non-hydrogen) atoms. The van der Waals surface area contributed by atoms with Crippen LogP contribution in [0.4, 0.5) is 0 Å². The van der Waals surface area contributed by atoms with E-state index in [-0.39, 0.29) is 24.3 Å². The maximum atomic E-state index is 13.0. The van der Waals surface area contributed by atoms with Crippen LogP contribution in [0.1, 0.15) is 29.5 Å². The summed E-state index contributed by atoms with van der Waals surface area (Å²) in [6, 6.07) is 10.9. The number of sulfonamides is 1. The summed E-state index contributed by atoms with van der Waals surface area (Å²) in [7, 11) is -3.99. The highest BCUT2D eigenvalue weighted by atomic mass is 32.2. The molecule has 1 fully saturated rings. The van der Waals surface area contributed by atoms with Gasteiger partial charge in [-0.15, -0.1) is 0 Å². The highest BCUT2D eigenvalue weighted by molar-refractivity contribution is 7.89. The average Bonchev–Trinajstić information content (AvgIpc) is 2.73. The van der Waals surface area contributed by atoms with Gasteiger partial charge in [-0.1, -0.05) is 23.8 Å². The van der Waals surface area contributed by atoms with E-state index in [1.54, 1.807) is 12.1 Å². The van der Waals surface area contributed by atoms with E-state index in [0.29, 0.717) is 12.4 Å². The summed E-state index contributed by atoms with van der Waals surface area (Å²) in [5.41, 5.74) is 4.78. The number of aliphatic hydroxyl groups is 1. The summed E-state index contributed by atoms with van der Waals surface area (Å²) >= 11 is 0. The van der Waals surface area contributed by atoms with Gasteiger partial charge in [-0.3, -0.25) is 10.0 Å². The predicted octanol–water partition coefficient (Wildman–Crippen LogP) is 1.90. The van der Waals surface area contributed by atoms with Gasteiger partial charge in [0.15, 0.2) is 0 Å². The Hall–Kier alpha value is -2.46. The van der Waals surface area contributed by atoms with Gasteiger partial charge in [0.2, 0.25) is 10.0 Å². The molecule has 0 radical (unpaired) electrons. The summed E-state index contributed by atoms with van der Waals surface area (Å²) in [6.45, 7) is 4.35. The lowest BCUT2D eigenvalue weighted by Crippen LogP contribution is -2.54. The van der Waals surface area contributed by atoms with Gasteiger partial charge in [0, 0.05) is 6.54 Å². The van der Waals surface area contributed by atoms with Crippen molar-refractivity contribution in [3.8, 4) is 5.75 Å². The number of hydrogen-bond donors (Lipinski definition) is 3. The minimum Gasteiger partial charge on any atom is -0.489 e. The number of carbonyl (C=O) groups excluding carboxylic acids is 1. The molecule has 0 saturated carbocycles. The molecule has 1 amide bonds. The molecular weight excluding hydrogens is 408 g/mol. The number of amides is 1. The van der Waals surface area contributed by atoms with Gasteiger partial charge in [-0.25, -0.2) is 13.9 Å². The summed E-state index contributed by atoms with van der Waals surface area (Å²) in [4.78, 5) is 11.9. The van der Waals surface area contributed by atoms with Crippen molar-refractivity contribution >= 4 is 15.9 Å². The van der Waals surface area contributed by atoms with Crippen LogP contribution in [0.15, 0.2) is 47.4 Å². The number of hydrogen-bond acceptors (Lipinski definition) is 6. The fraction of sp³-hybridized carbons (Fsp3) is 0.381. The standard InChI is InChI=1S/C21H26N2O6S/c1-14-3-4-15(2)16(11-14)13-29-18-5-7-19(8-6-18)30(27,28)23-10-9-17(24)12-20(23)21(25)22-26/h3-8,11,17,20,24,26H,9-10,12-13H2,1-2H3,(H,22,25)/t17-,20-/m1/s1. The zero-order valence-corrected chi connectivity index (χ0v) is 17.7. The summed E-state index contributed by atoms with van der Waals surface area (Å²) in [6.07, 6.45) is -0.673. The molecule has 1 aliphatic heterocycles. The molecule has 2 atom stereocenters. The number of benzene rings is 2. The van der Waals surface area contributed by atoms with E-state index in [2.05, 4.69) is 0 Å².